The van der Waals surface area contributed by atoms with Crippen molar-refractivity contribution in [3.63, 3.8) is 0 Å². The van der Waals surface area contributed by atoms with E-state index in [0.717, 1.165) is 67.7 Å². The van der Waals surface area contributed by atoms with E-state index in [2.05, 4.69) is 9.80 Å². The minimum atomic E-state index is -0.605. The van der Waals surface area contributed by atoms with Crippen LogP contribution in [0.1, 0.15) is 65.8 Å². The molecule has 1 spiro atoms. The lowest BCUT2D eigenvalue weighted by molar-refractivity contribution is -0.131. The summed E-state index contributed by atoms with van der Waals surface area (Å²) < 4.78 is 11.4. The third kappa shape index (κ3) is 3.76. The standard InChI is InChI=1S/C25H32N2O5/c1-16-18(3-4-19-20(16)14-31-24(19)30)23(29)13-26-9-7-25(8-10-26)15-27(11-12-32-25)21-5-6-22(28)17(21)2/h3-4,23,29H,5-15H2,1-2H3/t23-/m0/s1. The lowest BCUT2D eigenvalue weighted by atomic mass is 9.88. The number of ketones is 1. The Kier molecular flexibility index (Phi) is 5.60. The predicted molar refractivity (Wildman–Crippen MR) is 118 cm³/mol. The van der Waals surface area contributed by atoms with Crippen molar-refractivity contribution in [3.8, 4) is 0 Å². The second kappa shape index (κ2) is 8.28. The van der Waals surface area contributed by atoms with Gasteiger partial charge >= 0.3 is 5.97 Å². The first-order valence-electron chi connectivity index (χ1n) is 11.7. The molecule has 7 nitrogen and oxygen atoms in total. The molecule has 1 N–H and O–H groups in total. The molecule has 7 heteroatoms. The van der Waals surface area contributed by atoms with Crippen LogP contribution in [0.15, 0.2) is 23.4 Å². The van der Waals surface area contributed by atoms with E-state index in [1.54, 1.807) is 6.07 Å². The van der Waals surface area contributed by atoms with Gasteiger partial charge in [-0.2, -0.15) is 0 Å². The molecule has 3 heterocycles. The Hall–Kier alpha value is -2.22. The number of piperidine rings is 1. The molecule has 5 rings (SSSR count). The summed E-state index contributed by atoms with van der Waals surface area (Å²) in [6.07, 6.45) is 2.73. The SMILES string of the molecule is CC1=C(N2CCOC3(CCN(C[C@H](O)c4ccc5c(c4C)COC5=O)CC3)C2)CCC1=O. The minimum absolute atomic E-state index is 0.167. The van der Waals surface area contributed by atoms with Gasteiger partial charge in [0.1, 0.15) is 6.61 Å². The molecule has 0 bridgehead atoms. The monoisotopic (exact) mass is 440 g/mol. The summed E-state index contributed by atoms with van der Waals surface area (Å²) in [5.41, 5.74) is 5.32. The normalized spacial score (nSPS) is 24.3. The number of nitrogens with zero attached hydrogens (tertiary/aromatic N) is 2. The summed E-state index contributed by atoms with van der Waals surface area (Å²) in [6, 6.07) is 3.63. The van der Waals surface area contributed by atoms with Crippen LogP contribution in [0.25, 0.3) is 0 Å². The number of benzene rings is 1. The molecule has 1 aliphatic carbocycles. The zero-order chi connectivity index (χ0) is 22.5. The molecule has 172 valence electrons. The van der Waals surface area contributed by atoms with Crippen molar-refractivity contribution >= 4 is 11.8 Å². The Morgan fingerprint density at radius 3 is 2.62 bits per heavy atom. The van der Waals surface area contributed by atoms with Gasteiger partial charge in [0.2, 0.25) is 0 Å². The highest BCUT2D eigenvalue weighted by Crippen LogP contribution is 2.36. The van der Waals surface area contributed by atoms with Crippen LogP contribution in [-0.2, 0) is 20.9 Å². The quantitative estimate of drug-likeness (QED) is 0.721. The number of morpholine rings is 1. The molecule has 0 radical (unpaired) electrons. The van der Waals surface area contributed by atoms with Crippen LogP contribution >= 0.6 is 0 Å². The summed E-state index contributed by atoms with van der Waals surface area (Å²) in [7, 11) is 0. The van der Waals surface area contributed by atoms with Crippen molar-refractivity contribution < 1.29 is 24.2 Å². The van der Waals surface area contributed by atoms with Gasteiger partial charge in [0.25, 0.3) is 0 Å². The average molecular weight is 441 g/mol. The fourth-order valence-corrected chi connectivity index (χ4v) is 5.76. The van der Waals surface area contributed by atoms with Gasteiger partial charge in [-0.1, -0.05) is 6.07 Å². The third-order valence-electron chi connectivity index (χ3n) is 7.84. The predicted octanol–water partition coefficient (Wildman–Crippen LogP) is 2.50. The Bertz CT molecular complexity index is 977. The Balaban J connectivity index is 1.21. The Morgan fingerprint density at radius 1 is 1.12 bits per heavy atom. The Labute approximate surface area is 189 Å². The highest BCUT2D eigenvalue weighted by molar-refractivity contribution is 5.98. The molecule has 1 aromatic carbocycles. The van der Waals surface area contributed by atoms with Crippen LogP contribution in [0, 0.1) is 6.92 Å². The molecule has 0 amide bonds. The number of rotatable bonds is 4. The number of aliphatic hydroxyl groups is 1. The van der Waals surface area contributed by atoms with Gasteiger partial charge < -0.3 is 24.4 Å². The van der Waals surface area contributed by atoms with E-state index in [9.17, 15) is 14.7 Å². The van der Waals surface area contributed by atoms with Crippen molar-refractivity contribution in [2.75, 3.05) is 39.3 Å². The molecule has 2 fully saturated rings. The molecule has 3 aliphatic heterocycles. The van der Waals surface area contributed by atoms with E-state index in [1.165, 1.54) is 5.70 Å². The lowest BCUT2D eigenvalue weighted by Crippen LogP contribution is -2.56. The number of ether oxygens (including phenoxy) is 2. The van der Waals surface area contributed by atoms with Gasteiger partial charge in [0, 0.05) is 56.0 Å². The number of carbonyl (C=O) groups excluding carboxylic acids is 2. The number of allylic oxidation sites excluding steroid dienone is 2. The second-order valence-corrected chi connectivity index (χ2v) is 9.65. The number of hydrogen-bond donors (Lipinski definition) is 1. The first-order valence-corrected chi connectivity index (χ1v) is 11.7. The maximum absolute atomic E-state index is 12.0. The van der Waals surface area contributed by atoms with Crippen LogP contribution in [0.5, 0.6) is 0 Å². The third-order valence-corrected chi connectivity index (χ3v) is 7.84. The van der Waals surface area contributed by atoms with Crippen molar-refractivity contribution in [1.29, 1.82) is 0 Å². The lowest BCUT2D eigenvalue weighted by Gasteiger charge is -2.48. The number of Topliss-reactive ketones (excluding diaryl/α,β-unsaturated/α-hetero) is 1. The smallest absolute Gasteiger partial charge is 0.338 e. The number of aliphatic hydroxyl groups excluding tert-OH is 1. The molecule has 4 aliphatic rings. The molecule has 0 aromatic heterocycles. The molecule has 2 saturated heterocycles. The van der Waals surface area contributed by atoms with Gasteiger partial charge in [-0.25, -0.2) is 4.79 Å². The van der Waals surface area contributed by atoms with Crippen molar-refractivity contribution in [2.24, 2.45) is 0 Å². The van der Waals surface area contributed by atoms with Crippen LogP contribution in [0.3, 0.4) is 0 Å². The molecule has 1 atom stereocenters. The van der Waals surface area contributed by atoms with Crippen molar-refractivity contribution in [2.45, 2.75) is 57.8 Å². The van der Waals surface area contributed by atoms with Crippen LogP contribution in [-0.4, -0.2) is 71.6 Å². The van der Waals surface area contributed by atoms with E-state index >= 15 is 0 Å². The van der Waals surface area contributed by atoms with Crippen LogP contribution in [0.4, 0.5) is 0 Å². The number of carbonyl (C=O) groups is 2. The van der Waals surface area contributed by atoms with E-state index in [0.29, 0.717) is 31.7 Å². The number of β-amino-alcohol motifs (C(OH)–C–C–N with tert-alkyl or cyclic N) is 1. The van der Waals surface area contributed by atoms with Gasteiger partial charge in [-0.05, 0) is 50.3 Å². The number of fused-ring (bicyclic) bond motifs is 1. The highest BCUT2D eigenvalue weighted by atomic mass is 16.5. The van der Waals surface area contributed by atoms with Gasteiger partial charge in [0.05, 0.1) is 23.9 Å². The molecule has 0 saturated carbocycles. The Morgan fingerprint density at radius 2 is 1.91 bits per heavy atom. The summed E-state index contributed by atoms with van der Waals surface area (Å²) in [5, 5.41) is 10.9. The number of likely N-dealkylation sites (tertiary alicyclic amines) is 1. The molecular weight excluding hydrogens is 408 g/mol. The van der Waals surface area contributed by atoms with Crippen molar-refractivity contribution in [1.82, 2.24) is 9.80 Å². The zero-order valence-electron chi connectivity index (χ0n) is 19.0. The molecule has 32 heavy (non-hydrogen) atoms. The van der Waals surface area contributed by atoms with E-state index in [-0.39, 0.29) is 17.4 Å². The van der Waals surface area contributed by atoms with E-state index in [4.69, 9.17) is 9.47 Å². The minimum Gasteiger partial charge on any atom is -0.457 e. The maximum atomic E-state index is 12.0. The summed E-state index contributed by atoms with van der Waals surface area (Å²) in [5.74, 6) is 0.00190. The summed E-state index contributed by atoms with van der Waals surface area (Å²) in [6.45, 7) is 8.91. The fourth-order valence-electron chi connectivity index (χ4n) is 5.76. The van der Waals surface area contributed by atoms with Gasteiger partial charge in [-0.15, -0.1) is 0 Å². The number of hydrogen-bond acceptors (Lipinski definition) is 7. The zero-order valence-corrected chi connectivity index (χ0v) is 19.0. The molecular formula is C25H32N2O5. The van der Waals surface area contributed by atoms with Crippen LogP contribution in [0.2, 0.25) is 0 Å². The number of cyclic esters (lactones) is 1. The fraction of sp³-hybridized carbons (Fsp3) is 0.600. The molecule has 0 unspecified atom stereocenters. The van der Waals surface area contributed by atoms with E-state index < -0.39 is 6.10 Å². The molecule has 1 aromatic rings. The number of esters is 1. The topological polar surface area (TPSA) is 79.3 Å². The maximum Gasteiger partial charge on any atom is 0.338 e. The van der Waals surface area contributed by atoms with Gasteiger partial charge in [-0.3, -0.25) is 4.79 Å². The van der Waals surface area contributed by atoms with Crippen LogP contribution < -0.4 is 0 Å². The first kappa shape index (κ1) is 21.6. The van der Waals surface area contributed by atoms with Crippen molar-refractivity contribution in [3.05, 3.63) is 45.7 Å². The second-order valence-electron chi connectivity index (χ2n) is 9.65. The van der Waals surface area contributed by atoms with Gasteiger partial charge in [0.15, 0.2) is 5.78 Å². The first-order chi connectivity index (χ1) is 15.4. The largest absolute Gasteiger partial charge is 0.457 e. The highest BCUT2D eigenvalue weighted by Gasteiger charge is 2.41. The summed E-state index contributed by atoms with van der Waals surface area (Å²) in [4.78, 5) is 28.4. The average Bonchev–Trinajstić information content (AvgIpc) is 3.33. The van der Waals surface area contributed by atoms with E-state index in [1.807, 2.05) is 19.9 Å². The summed E-state index contributed by atoms with van der Waals surface area (Å²) >= 11 is 0.